The fourth-order valence-electron chi connectivity index (χ4n) is 1.80. The Labute approximate surface area is 115 Å². The molecule has 5 heteroatoms. The Morgan fingerprint density at radius 3 is 2.53 bits per heavy atom. The average Bonchev–Trinajstić information content (AvgIpc) is 3.21. The lowest BCUT2D eigenvalue weighted by Crippen LogP contribution is -2.14. The highest BCUT2D eigenvalue weighted by molar-refractivity contribution is 7.14. The first-order valence-electron chi connectivity index (χ1n) is 6.04. The van der Waals surface area contributed by atoms with E-state index in [0.29, 0.717) is 13.2 Å². The predicted octanol–water partition coefficient (Wildman–Crippen LogP) is 3.53. The third-order valence-electron chi connectivity index (χ3n) is 2.64. The average molecular weight is 274 g/mol. The van der Waals surface area contributed by atoms with E-state index in [1.165, 1.54) is 0 Å². The Morgan fingerprint density at radius 2 is 1.84 bits per heavy atom. The van der Waals surface area contributed by atoms with Crippen molar-refractivity contribution in [3.05, 3.63) is 48.2 Å². The molecular formula is C14H14N2O2S. The molecule has 4 heterocycles. The zero-order valence-electron chi connectivity index (χ0n) is 10.3. The highest BCUT2D eigenvalue weighted by Gasteiger charge is 2.19. The van der Waals surface area contributed by atoms with Crippen molar-refractivity contribution in [2.24, 2.45) is 0 Å². The van der Waals surface area contributed by atoms with Gasteiger partial charge in [-0.2, -0.15) is 0 Å². The zero-order valence-corrected chi connectivity index (χ0v) is 11.1. The van der Waals surface area contributed by atoms with E-state index in [9.17, 15) is 0 Å². The third kappa shape index (κ3) is 2.66. The van der Waals surface area contributed by atoms with E-state index in [-0.39, 0.29) is 0 Å². The van der Waals surface area contributed by atoms with Gasteiger partial charge in [0, 0.05) is 24.0 Å². The molecule has 0 saturated carbocycles. The SMILES string of the molecule is c1c[nH]c(-c2scc3c2OCCO3)c1.c1cc[nH]c1. The van der Waals surface area contributed by atoms with E-state index in [4.69, 9.17) is 9.47 Å². The smallest absolute Gasteiger partial charge is 0.181 e. The Kier molecular flexibility index (Phi) is 3.56. The van der Waals surface area contributed by atoms with Crippen LogP contribution < -0.4 is 9.47 Å². The molecule has 2 N–H and O–H groups in total. The van der Waals surface area contributed by atoms with Crippen molar-refractivity contribution in [3.63, 3.8) is 0 Å². The molecule has 3 aromatic rings. The van der Waals surface area contributed by atoms with Crippen LogP contribution in [0.4, 0.5) is 0 Å². The first-order chi connectivity index (χ1) is 9.45. The molecule has 3 aromatic heterocycles. The van der Waals surface area contributed by atoms with Gasteiger partial charge in [-0.25, -0.2) is 0 Å². The van der Waals surface area contributed by atoms with E-state index >= 15 is 0 Å². The summed E-state index contributed by atoms with van der Waals surface area (Å²) >= 11 is 1.64. The van der Waals surface area contributed by atoms with Crippen LogP contribution in [-0.2, 0) is 0 Å². The molecule has 0 spiro atoms. The van der Waals surface area contributed by atoms with Gasteiger partial charge < -0.3 is 19.4 Å². The molecule has 98 valence electrons. The van der Waals surface area contributed by atoms with Gasteiger partial charge in [-0.15, -0.1) is 11.3 Å². The van der Waals surface area contributed by atoms with Crippen LogP contribution in [0, 0.1) is 0 Å². The minimum Gasteiger partial charge on any atom is -0.485 e. The molecule has 0 amide bonds. The number of aromatic amines is 2. The lowest BCUT2D eigenvalue weighted by atomic mass is 10.3. The monoisotopic (exact) mass is 274 g/mol. The van der Waals surface area contributed by atoms with E-state index < -0.39 is 0 Å². The fraction of sp³-hybridized carbons (Fsp3) is 0.143. The first kappa shape index (κ1) is 11.9. The van der Waals surface area contributed by atoms with E-state index in [1.54, 1.807) is 11.3 Å². The Hall–Kier alpha value is -2.14. The fourth-order valence-corrected chi connectivity index (χ4v) is 2.72. The number of hydrogen-bond acceptors (Lipinski definition) is 3. The molecule has 0 saturated heterocycles. The van der Waals surface area contributed by atoms with Crippen molar-refractivity contribution in [1.29, 1.82) is 0 Å². The van der Waals surface area contributed by atoms with Gasteiger partial charge in [0.25, 0.3) is 0 Å². The van der Waals surface area contributed by atoms with Crippen LogP contribution in [0.25, 0.3) is 10.6 Å². The number of H-pyrrole nitrogens is 2. The second kappa shape index (κ2) is 5.67. The van der Waals surface area contributed by atoms with Crippen LogP contribution >= 0.6 is 11.3 Å². The Morgan fingerprint density at radius 1 is 1.00 bits per heavy atom. The summed E-state index contributed by atoms with van der Waals surface area (Å²) in [5, 5.41) is 1.99. The molecule has 0 bridgehead atoms. The van der Waals surface area contributed by atoms with Crippen molar-refractivity contribution >= 4 is 11.3 Å². The first-order valence-corrected chi connectivity index (χ1v) is 6.92. The van der Waals surface area contributed by atoms with Crippen LogP contribution in [0.1, 0.15) is 0 Å². The number of rotatable bonds is 1. The zero-order chi connectivity index (χ0) is 12.9. The molecule has 0 atom stereocenters. The maximum Gasteiger partial charge on any atom is 0.181 e. The number of thiophene rings is 1. The summed E-state index contributed by atoms with van der Waals surface area (Å²) in [7, 11) is 0. The second-order valence-corrected chi connectivity index (χ2v) is 4.80. The molecule has 0 aromatic carbocycles. The van der Waals surface area contributed by atoms with Crippen LogP contribution in [0.15, 0.2) is 48.2 Å². The summed E-state index contributed by atoms with van der Waals surface area (Å²) in [5.41, 5.74) is 1.08. The summed E-state index contributed by atoms with van der Waals surface area (Å²) in [6.45, 7) is 1.28. The van der Waals surface area contributed by atoms with Crippen LogP contribution in [0.3, 0.4) is 0 Å². The van der Waals surface area contributed by atoms with Crippen LogP contribution in [0.2, 0.25) is 0 Å². The molecule has 0 aliphatic carbocycles. The van der Waals surface area contributed by atoms with Gasteiger partial charge in [0.05, 0.1) is 10.6 Å². The Bertz CT molecular complexity index is 582. The third-order valence-corrected chi connectivity index (χ3v) is 3.61. The standard InChI is InChI=1S/C10H9NO2S.C4H5N/c1-2-7(11-3-1)10-9-8(6-14-10)12-4-5-13-9;1-2-4-5-3-1/h1-3,6,11H,4-5H2;1-5H. The molecule has 4 nitrogen and oxygen atoms in total. The number of fused-ring (bicyclic) bond motifs is 1. The maximum atomic E-state index is 5.58. The maximum absolute atomic E-state index is 5.58. The summed E-state index contributed by atoms with van der Waals surface area (Å²) in [6, 6.07) is 7.90. The Balaban J connectivity index is 0.000000187. The highest BCUT2D eigenvalue weighted by Crippen LogP contribution is 2.44. The van der Waals surface area contributed by atoms with Crippen LogP contribution in [0.5, 0.6) is 11.5 Å². The largest absolute Gasteiger partial charge is 0.485 e. The van der Waals surface area contributed by atoms with Gasteiger partial charge in [-0.3, -0.25) is 0 Å². The van der Waals surface area contributed by atoms with Crippen molar-refractivity contribution in [1.82, 2.24) is 9.97 Å². The summed E-state index contributed by atoms with van der Waals surface area (Å²) in [4.78, 5) is 7.14. The van der Waals surface area contributed by atoms with Gasteiger partial charge in [-0.05, 0) is 24.3 Å². The lowest BCUT2D eigenvalue weighted by molar-refractivity contribution is 0.174. The normalized spacial score (nSPS) is 12.6. The molecule has 0 fully saturated rings. The second-order valence-electron chi connectivity index (χ2n) is 3.92. The molecule has 1 aliphatic rings. The number of nitrogens with one attached hydrogen (secondary N) is 2. The van der Waals surface area contributed by atoms with Crippen LogP contribution in [-0.4, -0.2) is 23.2 Å². The molecule has 4 rings (SSSR count). The number of aromatic nitrogens is 2. The van der Waals surface area contributed by atoms with Crippen molar-refractivity contribution in [2.75, 3.05) is 13.2 Å². The number of hydrogen-bond donors (Lipinski definition) is 2. The van der Waals surface area contributed by atoms with E-state index in [0.717, 1.165) is 22.1 Å². The molecular weight excluding hydrogens is 260 g/mol. The van der Waals surface area contributed by atoms with Gasteiger partial charge in [-0.1, -0.05) is 0 Å². The summed E-state index contributed by atoms with van der Waals surface area (Å²) in [6.07, 6.45) is 5.66. The molecule has 0 radical (unpaired) electrons. The highest BCUT2D eigenvalue weighted by atomic mass is 32.1. The van der Waals surface area contributed by atoms with Crippen molar-refractivity contribution in [3.8, 4) is 22.1 Å². The quantitative estimate of drug-likeness (QED) is 0.713. The van der Waals surface area contributed by atoms with E-state index in [1.807, 2.05) is 48.2 Å². The number of ether oxygens (including phenoxy) is 2. The van der Waals surface area contributed by atoms with Crippen molar-refractivity contribution < 1.29 is 9.47 Å². The van der Waals surface area contributed by atoms with Gasteiger partial charge in [0.15, 0.2) is 11.5 Å². The predicted molar refractivity (Wildman–Crippen MR) is 75.9 cm³/mol. The minimum absolute atomic E-state index is 0.636. The lowest BCUT2D eigenvalue weighted by Gasteiger charge is -2.15. The summed E-state index contributed by atoms with van der Waals surface area (Å²) < 4.78 is 11.1. The summed E-state index contributed by atoms with van der Waals surface area (Å²) in [5.74, 6) is 1.74. The minimum atomic E-state index is 0.636. The van der Waals surface area contributed by atoms with Gasteiger partial charge in [0.1, 0.15) is 13.2 Å². The molecule has 0 unspecified atom stereocenters. The molecule has 1 aliphatic heterocycles. The topological polar surface area (TPSA) is 50.0 Å². The van der Waals surface area contributed by atoms with Gasteiger partial charge in [0.2, 0.25) is 0 Å². The van der Waals surface area contributed by atoms with E-state index in [2.05, 4.69) is 9.97 Å². The molecule has 19 heavy (non-hydrogen) atoms. The van der Waals surface area contributed by atoms with Gasteiger partial charge >= 0.3 is 0 Å². The van der Waals surface area contributed by atoms with Crippen molar-refractivity contribution in [2.45, 2.75) is 0 Å².